The summed E-state index contributed by atoms with van der Waals surface area (Å²) in [6.45, 7) is 2.35. The maximum absolute atomic E-state index is 15.2. The standard InChI is InChI=1S/C22H21ClFN5O4S/c23-14-3-1-13(2-4-14)11-29-18-9-15(16(24)10-19(18)34(31)12-17(25)21(29)30)20-26-22(33-27-20)28-5-7-32-8-6-28/h1-4,9-10,17H,5-8,11-12,25H2/t17-,34?/m0/s1. The van der Waals surface area contributed by atoms with Gasteiger partial charge in [0.15, 0.2) is 4.90 Å². The number of carbonyl (C=O) groups excluding carboxylic acids is 1. The van der Waals surface area contributed by atoms with E-state index in [1.54, 1.807) is 24.3 Å². The van der Waals surface area contributed by atoms with Crippen LogP contribution in [0.25, 0.3) is 11.4 Å². The second-order valence-electron chi connectivity index (χ2n) is 7.97. The van der Waals surface area contributed by atoms with Crippen LogP contribution in [0.4, 0.5) is 16.1 Å². The van der Waals surface area contributed by atoms with Crippen LogP contribution in [0.1, 0.15) is 5.56 Å². The zero-order valence-corrected chi connectivity index (χ0v) is 19.5. The number of fused-ring (bicyclic) bond motifs is 1. The number of benzene rings is 2. The third-order valence-corrected chi connectivity index (χ3v) is 7.42. The molecule has 34 heavy (non-hydrogen) atoms. The monoisotopic (exact) mass is 505 g/mol. The summed E-state index contributed by atoms with van der Waals surface area (Å²) in [5, 5.41) is 4.50. The van der Waals surface area contributed by atoms with Gasteiger partial charge in [-0.25, -0.2) is 4.39 Å². The van der Waals surface area contributed by atoms with Crippen molar-refractivity contribution in [2.24, 2.45) is 5.73 Å². The molecule has 9 nitrogen and oxygen atoms in total. The lowest BCUT2D eigenvalue weighted by atomic mass is 10.1. The Morgan fingerprint density at radius 3 is 2.71 bits per heavy atom. The van der Waals surface area contributed by atoms with Gasteiger partial charge in [-0.1, -0.05) is 28.9 Å². The zero-order chi connectivity index (χ0) is 23.8. The van der Waals surface area contributed by atoms with Gasteiger partial charge in [0.05, 0.1) is 25.3 Å². The number of ether oxygens (including phenoxy) is 1. The van der Waals surface area contributed by atoms with E-state index < -0.39 is 28.9 Å². The highest BCUT2D eigenvalue weighted by Gasteiger charge is 2.37. The van der Waals surface area contributed by atoms with Crippen LogP contribution in [-0.2, 0) is 27.3 Å². The number of hydrogen-bond acceptors (Lipinski definition) is 8. The largest absolute Gasteiger partial charge is 0.611 e. The molecule has 3 heterocycles. The molecule has 1 aromatic heterocycles. The molecule has 0 spiro atoms. The number of halogens is 2. The molecule has 5 rings (SSSR count). The first-order valence-electron chi connectivity index (χ1n) is 10.6. The van der Waals surface area contributed by atoms with Crippen LogP contribution in [0.3, 0.4) is 0 Å². The minimum Gasteiger partial charge on any atom is -0.611 e. The van der Waals surface area contributed by atoms with Crippen molar-refractivity contribution in [1.82, 2.24) is 10.1 Å². The Balaban J connectivity index is 1.55. The van der Waals surface area contributed by atoms with Gasteiger partial charge in [0.1, 0.15) is 23.3 Å². The molecule has 1 fully saturated rings. The van der Waals surface area contributed by atoms with Crippen LogP contribution < -0.4 is 15.5 Å². The molecular formula is C22H21ClFN5O4S. The van der Waals surface area contributed by atoms with E-state index in [1.165, 1.54) is 11.0 Å². The van der Waals surface area contributed by atoms with Gasteiger partial charge in [0, 0.05) is 24.2 Å². The van der Waals surface area contributed by atoms with Gasteiger partial charge < -0.3 is 29.3 Å². The highest BCUT2D eigenvalue weighted by Crippen LogP contribution is 2.37. The Hall–Kier alpha value is -2.70. The molecular weight excluding hydrogens is 485 g/mol. The number of nitrogens with two attached hydrogens (primary N) is 1. The molecule has 2 aliphatic heterocycles. The summed E-state index contributed by atoms with van der Waals surface area (Å²) in [7, 11) is 0. The number of amides is 1. The van der Waals surface area contributed by atoms with Gasteiger partial charge in [-0.15, -0.1) is 0 Å². The SMILES string of the molecule is N[C@H]1C[S+]([O-])c2cc(F)c(-c3noc(N4CCOCC4)n3)cc2N(Cc2ccc(Cl)cc2)C1=O. The summed E-state index contributed by atoms with van der Waals surface area (Å²) >= 11 is 4.31. The average molecular weight is 506 g/mol. The van der Waals surface area contributed by atoms with Gasteiger partial charge in [-0.2, -0.15) is 4.98 Å². The Kier molecular flexibility index (Phi) is 6.45. The van der Waals surface area contributed by atoms with Crippen LogP contribution in [0.15, 0.2) is 45.8 Å². The molecule has 0 bridgehead atoms. The predicted molar refractivity (Wildman–Crippen MR) is 125 cm³/mol. The second-order valence-corrected chi connectivity index (χ2v) is 9.87. The Morgan fingerprint density at radius 1 is 1.24 bits per heavy atom. The molecule has 2 atom stereocenters. The molecule has 2 aliphatic rings. The Labute approximate surface area is 202 Å². The molecule has 2 aromatic carbocycles. The first-order chi connectivity index (χ1) is 16.4. The van der Waals surface area contributed by atoms with E-state index in [0.717, 1.165) is 11.6 Å². The number of aromatic nitrogens is 2. The summed E-state index contributed by atoms with van der Waals surface area (Å²) in [6.07, 6.45) is 0. The van der Waals surface area contributed by atoms with Crippen molar-refractivity contribution in [3.8, 4) is 11.4 Å². The maximum Gasteiger partial charge on any atom is 0.324 e. The molecule has 0 saturated carbocycles. The number of anilines is 2. The fraction of sp³-hybridized carbons (Fsp3) is 0.318. The van der Waals surface area contributed by atoms with Gasteiger partial charge in [0.25, 0.3) is 0 Å². The van der Waals surface area contributed by atoms with E-state index in [2.05, 4.69) is 10.1 Å². The lowest BCUT2D eigenvalue weighted by Gasteiger charge is -2.24. The van der Waals surface area contributed by atoms with Crippen LogP contribution in [0.5, 0.6) is 0 Å². The number of hydrogen-bond donors (Lipinski definition) is 1. The fourth-order valence-corrected chi connectivity index (χ4v) is 5.31. The van der Waals surface area contributed by atoms with Crippen molar-refractivity contribution in [2.75, 3.05) is 41.9 Å². The Bertz CT molecular complexity index is 1200. The first kappa shape index (κ1) is 23.1. The average Bonchev–Trinajstić information content (AvgIpc) is 3.31. The lowest BCUT2D eigenvalue weighted by molar-refractivity contribution is -0.119. The smallest absolute Gasteiger partial charge is 0.324 e. The lowest BCUT2D eigenvalue weighted by Crippen LogP contribution is -2.45. The third-order valence-electron chi connectivity index (χ3n) is 5.69. The number of morpholine rings is 1. The molecule has 12 heteroatoms. The zero-order valence-electron chi connectivity index (χ0n) is 17.9. The highest BCUT2D eigenvalue weighted by atomic mass is 35.5. The summed E-state index contributed by atoms with van der Waals surface area (Å²) in [5.41, 5.74) is 7.14. The minimum absolute atomic E-state index is 0.0278. The van der Waals surface area contributed by atoms with Crippen molar-refractivity contribution in [3.05, 3.63) is 52.8 Å². The van der Waals surface area contributed by atoms with Gasteiger partial charge in [-0.3, -0.25) is 4.79 Å². The quantitative estimate of drug-likeness (QED) is 0.536. The predicted octanol–water partition coefficient (Wildman–Crippen LogP) is 2.35. The molecule has 0 radical (unpaired) electrons. The van der Waals surface area contributed by atoms with Gasteiger partial charge >= 0.3 is 6.01 Å². The van der Waals surface area contributed by atoms with E-state index in [1.807, 2.05) is 4.90 Å². The van der Waals surface area contributed by atoms with E-state index in [-0.39, 0.29) is 34.6 Å². The summed E-state index contributed by atoms with van der Waals surface area (Å²) in [4.78, 5) is 20.9. The number of carbonyl (C=O) groups is 1. The summed E-state index contributed by atoms with van der Waals surface area (Å²) < 4.78 is 38.8. The minimum atomic E-state index is -1.67. The highest BCUT2D eigenvalue weighted by molar-refractivity contribution is 7.91. The van der Waals surface area contributed by atoms with Crippen LogP contribution in [0, 0.1) is 5.82 Å². The molecule has 1 amide bonds. The Morgan fingerprint density at radius 2 is 1.97 bits per heavy atom. The molecule has 2 N–H and O–H groups in total. The molecule has 1 unspecified atom stereocenters. The summed E-state index contributed by atoms with van der Waals surface area (Å²) in [6, 6.07) is 8.83. The molecule has 3 aromatic rings. The van der Waals surface area contributed by atoms with Crippen LogP contribution >= 0.6 is 11.6 Å². The molecule has 1 saturated heterocycles. The van der Waals surface area contributed by atoms with E-state index in [0.29, 0.717) is 37.0 Å². The topological polar surface area (TPSA) is 121 Å². The number of nitrogens with zero attached hydrogens (tertiary/aromatic N) is 4. The number of rotatable bonds is 4. The van der Waals surface area contributed by atoms with E-state index in [9.17, 15) is 9.35 Å². The van der Waals surface area contributed by atoms with Crippen molar-refractivity contribution >= 4 is 40.4 Å². The van der Waals surface area contributed by atoms with Crippen molar-refractivity contribution in [3.63, 3.8) is 0 Å². The van der Waals surface area contributed by atoms with E-state index in [4.69, 9.17) is 26.6 Å². The van der Waals surface area contributed by atoms with E-state index >= 15 is 4.39 Å². The van der Waals surface area contributed by atoms with Crippen LogP contribution in [-0.4, -0.2) is 58.7 Å². The second kappa shape index (κ2) is 9.51. The van der Waals surface area contributed by atoms with Crippen molar-refractivity contribution < 1.29 is 23.0 Å². The third kappa shape index (κ3) is 4.49. The normalized spacial score (nSPS) is 20.9. The van der Waals surface area contributed by atoms with Crippen molar-refractivity contribution in [1.29, 1.82) is 0 Å². The first-order valence-corrected chi connectivity index (χ1v) is 12.3. The fourth-order valence-electron chi connectivity index (χ4n) is 3.89. The maximum atomic E-state index is 15.2. The van der Waals surface area contributed by atoms with Crippen molar-refractivity contribution in [2.45, 2.75) is 17.5 Å². The molecule has 0 aliphatic carbocycles. The molecule has 178 valence electrons. The van der Waals surface area contributed by atoms with Crippen LogP contribution in [0.2, 0.25) is 5.02 Å². The van der Waals surface area contributed by atoms with Gasteiger partial charge in [0.2, 0.25) is 11.7 Å². The van der Waals surface area contributed by atoms with Gasteiger partial charge in [-0.05, 0) is 34.9 Å². The summed E-state index contributed by atoms with van der Waals surface area (Å²) in [5.74, 6) is -1.16.